The van der Waals surface area contributed by atoms with Crippen LogP contribution in [0.3, 0.4) is 0 Å². The topological polar surface area (TPSA) is 55.8 Å². The summed E-state index contributed by atoms with van der Waals surface area (Å²) in [6.07, 6.45) is 0. The normalized spacial score (nSPS) is 15.4. The number of fused-ring (bicyclic) bond motifs is 3. The van der Waals surface area contributed by atoms with Gasteiger partial charge in [-0.1, -0.05) is 30.3 Å². The van der Waals surface area contributed by atoms with E-state index in [0.29, 0.717) is 17.2 Å². The molecule has 1 atom stereocenters. The molecule has 0 saturated heterocycles. The second-order valence-electron chi connectivity index (χ2n) is 7.05. The van der Waals surface area contributed by atoms with E-state index in [2.05, 4.69) is 0 Å². The lowest BCUT2D eigenvalue weighted by Crippen LogP contribution is -2.36. The quantitative estimate of drug-likeness (QED) is 0.612. The number of anilines is 1. The number of methoxy groups -OCH3 is 2. The third-order valence-corrected chi connectivity index (χ3v) is 7.29. The Kier molecular flexibility index (Phi) is 4.74. The molecule has 6 heteroatoms. The highest BCUT2D eigenvalue weighted by atomic mass is 32.2. The van der Waals surface area contributed by atoms with Crippen LogP contribution in [-0.2, 0) is 10.0 Å². The van der Waals surface area contributed by atoms with Gasteiger partial charge in [-0.15, -0.1) is 0 Å². The predicted octanol–water partition coefficient (Wildman–Crippen LogP) is 4.95. The fourth-order valence-corrected chi connectivity index (χ4v) is 5.80. The van der Waals surface area contributed by atoms with E-state index >= 15 is 0 Å². The van der Waals surface area contributed by atoms with Crippen molar-refractivity contribution in [1.29, 1.82) is 0 Å². The van der Waals surface area contributed by atoms with Crippen molar-refractivity contribution in [3.05, 3.63) is 71.8 Å². The molecule has 0 bridgehead atoms. The van der Waals surface area contributed by atoms with Crippen molar-refractivity contribution in [2.75, 3.05) is 18.5 Å². The lowest BCUT2D eigenvalue weighted by Gasteiger charge is -2.38. The molecule has 1 unspecified atom stereocenters. The lowest BCUT2D eigenvalue weighted by molar-refractivity contribution is 0.407. The molecule has 1 aliphatic heterocycles. The van der Waals surface area contributed by atoms with Crippen LogP contribution in [-0.4, -0.2) is 22.6 Å². The van der Waals surface area contributed by atoms with E-state index in [9.17, 15) is 8.42 Å². The Balaban J connectivity index is 1.95. The van der Waals surface area contributed by atoms with E-state index in [1.165, 1.54) is 4.31 Å². The monoisotopic (exact) mass is 409 g/mol. The zero-order chi connectivity index (χ0) is 20.8. The number of hydrogen-bond donors (Lipinski definition) is 0. The first-order chi connectivity index (χ1) is 13.9. The summed E-state index contributed by atoms with van der Waals surface area (Å²) in [6.45, 7) is 3.73. The predicted molar refractivity (Wildman–Crippen MR) is 114 cm³/mol. The summed E-state index contributed by atoms with van der Waals surface area (Å²) >= 11 is 0. The van der Waals surface area contributed by atoms with Crippen LogP contribution in [0.25, 0.3) is 11.1 Å². The Morgan fingerprint density at radius 3 is 2.24 bits per heavy atom. The van der Waals surface area contributed by atoms with Gasteiger partial charge in [0.05, 0.1) is 30.8 Å². The van der Waals surface area contributed by atoms with E-state index in [-0.39, 0.29) is 4.90 Å². The van der Waals surface area contributed by atoms with Gasteiger partial charge >= 0.3 is 0 Å². The average Bonchev–Trinajstić information content (AvgIpc) is 2.73. The summed E-state index contributed by atoms with van der Waals surface area (Å²) in [5, 5.41) is 0. The Morgan fingerprint density at radius 2 is 1.55 bits per heavy atom. The van der Waals surface area contributed by atoms with Gasteiger partial charge in [-0.05, 0) is 55.3 Å². The summed E-state index contributed by atoms with van der Waals surface area (Å²) < 4.78 is 39.9. The fraction of sp³-hybridized carbons (Fsp3) is 0.217. The highest BCUT2D eigenvalue weighted by Gasteiger charge is 2.38. The van der Waals surface area contributed by atoms with E-state index in [4.69, 9.17) is 9.47 Å². The van der Waals surface area contributed by atoms with Crippen molar-refractivity contribution < 1.29 is 17.9 Å². The maximum absolute atomic E-state index is 13.8. The molecule has 3 aromatic rings. The largest absolute Gasteiger partial charge is 0.496 e. The molecule has 1 heterocycles. The van der Waals surface area contributed by atoms with Crippen LogP contribution in [0.1, 0.15) is 24.1 Å². The van der Waals surface area contributed by atoms with Crippen LogP contribution in [0.4, 0.5) is 5.69 Å². The minimum absolute atomic E-state index is 0.232. The fourth-order valence-electron chi connectivity index (χ4n) is 4.07. The number of sulfonamides is 1. The molecule has 150 valence electrons. The molecule has 0 spiro atoms. The molecule has 3 aromatic carbocycles. The van der Waals surface area contributed by atoms with Gasteiger partial charge in [-0.3, -0.25) is 4.31 Å². The van der Waals surface area contributed by atoms with Gasteiger partial charge in [-0.25, -0.2) is 8.42 Å². The molecule has 0 N–H and O–H groups in total. The molecule has 0 radical (unpaired) electrons. The van der Waals surface area contributed by atoms with Crippen molar-refractivity contribution in [3.63, 3.8) is 0 Å². The maximum atomic E-state index is 13.8. The lowest BCUT2D eigenvalue weighted by atomic mass is 9.89. The molecule has 0 saturated carbocycles. The second kappa shape index (κ2) is 7.12. The number of ether oxygens (including phenoxy) is 2. The third kappa shape index (κ3) is 2.95. The Bertz CT molecular complexity index is 1190. The van der Waals surface area contributed by atoms with Gasteiger partial charge in [-0.2, -0.15) is 0 Å². The standard InChI is InChI=1S/C23H23NO4S/c1-15-14-17(12-13-21(15)27-3)29(25,26)24-16(2)23-19(9-7-11-22(23)28-4)18-8-5-6-10-20(18)24/h5-14,16H,1-4H3. The van der Waals surface area contributed by atoms with E-state index in [1.54, 1.807) is 32.4 Å². The van der Waals surface area contributed by atoms with Gasteiger partial charge < -0.3 is 9.47 Å². The minimum Gasteiger partial charge on any atom is -0.496 e. The zero-order valence-corrected chi connectivity index (χ0v) is 17.7. The second-order valence-corrected chi connectivity index (χ2v) is 8.86. The first kappa shape index (κ1) is 19.3. The zero-order valence-electron chi connectivity index (χ0n) is 16.8. The van der Waals surface area contributed by atoms with E-state index in [0.717, 1.165) is 22.3 Å². The Labute approximate surface area is 171 Å². The van der Waals surface area contributed by atoms with Crippen molar-refractivity contribution >= 4 is 15.7 Å². The third-order valence-electron chi connectivity index (χ3n) is 5.41. The van der Waals surface area contributed by atoms with Gasteiger partial charge in [0.15, 0.2) is 0 Å². The SMILES string of the molecule is COc1ccc(S(=O)(=O)N2c3ccccc3-c3cccc(OC)c3C2C)cc1C. The Hall–Kier alpha value is -2.99. The highest BCUT2D eigenvalue weighted by Crippen LogP contribution is 2.49. The van der Waals surface area contributed by atoms with Gasteiger partial charge in [0.25, 0.3) is 10.0 Å². The van der Waals surface area contributed by atoms with Crippen LogP contribution in [0.2, 0.25) is 0 Å². The van der Waals surface area contributed by atoms with Crippen molar-refractivity contribution in [2.45, 2.75) is 24.8 Å². The van der Waals surface area contributed by atoms with Gasteiger partial charge in [0.2, 0.25) is 0 Å². The number of benzene rings is 3. The summed E-state index contributed by atoms with van der Waals surface area (Å²) in [7, 11) is -0.640. The number of nitrogens with zero attached hydrogens (tertiary/aromatic N) is 1. The van der Waals surface area contributed by atoms with Crippen molar-refractivity contribution in [2.24, 2.45) is 0 Å². The summed E-state index contributed by atoms with van der Waals surface area (Å²) in [6, 6.07) is 17.9. The summed E-state index contributed by atoms with van der Waals surface area (Å²) in [5.74, 6) is 1.33. The van der Waals surface area contributed by atoms with Crippen molar-refractivity contribution in [1.82, 2.24) is 0 Å². The number of para-hydroxylation sites is 1. The minimum atomic E-state index is -3.82. The number of aryl methyl sites for hydroxylation is 1. The molecule has 4 rings (SSSR count). The van der Waals surface area contributed by atoms with Gasteiger partial charge in [0.1, 0.15) is 11.5 Å². The molecule has 0 aromatic heterocycles. The van der Waals surface area contributed by atoms with Crippen LogP contribution in [0, 0.1) is 6.92 Å². The first-order valence-electron chi connectivity index (χ1n) is 9.35. The molecule has 0 amide bonds. The molecule has 5 nitrogen and oxygen atoms in total. The van der Waals surface area contributed by atoms with Crippen LogP contribution >= 0.6 is 0 Å². The molecular formula is C23H23NO4S. The van der Waals surface area contributed by atoms with Crippen LogP contribution in [0.15, 0.2) is 65.6 Å². The molecule has 1 aliphatic rings. The van der Waals surface area contributed by atoms with Crippen molar-refractivity contribution in [3.8, 4) is 22.6 Å². The number of rotatable bonds is 4. The smallest absolute Gasteiger partial charge is 0.264 e. The summed E-state index contributed by atoms with van der Waals surface area (Å²) in [5.41, 5.74) is 4.15. The van der Waals surface area contributed by atoms with E-state index < -0.39 is 16.1 Å². The number of hydrogen-bond acceptors (Lipinski definition) is 4. The maximum Gasteiger partial charge on any atom is 0.264 e. The molecule has 29 heavy (non-hydrogen) atoms. The van der Waals surface area contributed by atoms with Crippen LogP contribution in [0.5, 0.6) is 11.5 Å². The molecular weight excluding hydrogens is 386 g/mol. The molecule has 0 fully saturated rings. The highest BCUT2D eigenvalue weighted by molar-refractivity contribution is 7.92. The van der Waals surface area contributed by atoms with E-state index in [1.807, 2.05) is 56.3 Å². The first-order valence-corrected chi connectivity index (χ1v) is 10.8. The average molecular weight is 410 g/mol. The Morgan fingerprint density at radius 1 is 0.862 bits per heavy atom. The molecule has 0 aliphatic carbocycles. The van der Waals surface area contributed by atoms with Crippen LogP contribution < -0.4 is 13.8 Å². The van der Waals surface area contributed by atoms with Gasteiger partial charge in [0, 0.05) is 11.1 Å². The summed E-state index contributed by atoms with van der Waals surface area (Å²) in [4.78, 5) is 0.232.